The monoisotopic (exact) mass is 1010 g/mol. The second-order valence-electron chi connectivity index (χ2n) is 19.4. The smallest absolute Gasteiger partial charge is 0.379 e. The predicted molar refractivity (Wildman–Crippen MR) is 261 cm³/mol. The molecule has 0 spiro atoms. The lowest BCUT2D eigenvalue weighted by molar-refractivity contribution is -0.137. The maximum atomic E-state index is 14.0. The van der Waals surface area contributed by atoms with Crippen LogP contribution in [0.5, 0.6) is 0 Å². The maximum absolute atomic E-state index is 14.0. The topological polar surface area (TPSA) is 210 Å². The number of aromatic nitrogens is 3. The molecule has 5 amide bonds. The Kier molecular flexibility index (Phi) is 19.1. The van der Waals surface area contributed by atoms with E-state index in [9.17, 15) is 37.1 Å². The van der Waals surface area contributed by atoms with Crippen molar-refractivity contribution in [1.29, 1.82) is 0 Å². The van der Waals surface area contributed by atoms with Crippen LogP contribution in [0.2, 0.25) is 0 Å². The second-order valence-corrected chi connectivity index (χ2v) is 19.4. The van der Waals surface area contributed by atoms with Gasteiger partial charge < -0.3 is 44.9 Å². The van der Waals surface area contributed by atoms with Crippen molar-refractivity contribution in [2.45, 2.75) is 127 Å². The number of fused-ring (bicyclic) bond motifs is 1. The Hall–Kier alpha value is -5.64. The number of benzene rings is 1. The van der Waals surface area contributed by atoms with E-state index in [2.05, 4.69) is 61.7 Å². The summed E-state index contributed by atoms with van der Waals surface area (Å²) < 4.78 is 57.5. The van der Waals surface area contributed by atoms with Crippen LogP contribution in [0.1, 0.15) is 102 Å². The highest BCUT2D eigenvalue weighted by molar-refractivity contribution is 6.41. The number of pyridine rings is 1. The van der Waals surface area contributed by atoms with E-state index in [1.807, 2.05) is 13.0 Å². The zero-order valence-corrected chi connectivity index (χ0v) is 41.7. The summed E-state index contributed by atoms with van der Waals surface area (Å²) in [5, 5.41) is 9.42. The molecule has 21 heteroatoms. The van der Waals surface area contributed by atoms with Gasteiger partial charge in [0.15, 0.2) is 5.82 Å². The molecule has 7 rings (SSSR count). The van der Waals surface area contributed by atoms with Crippen molar-refractivity contribution in [2.24, 2.45) is 16.8 Å². The van der Waals surface area contributed by atoms with Gasteiger partial charge in [-0.2, -0.15) is 13.2 Å². The highest BCUT2D eigenvalue weighted by atomic mass is 19.4. The zero-order chi connectivity index (χ0) is 51.4. The molecule has 5 atom stereocenters. The third kappa shape index (κ3) is 13.9. The van der Waals surface area contributed by atoms with E-state index >= 15 is 0 Å². The number of carbonyl (C=O) groups excluding carboxylic acids is 5. The fourth-order valence-corrected chi connectivity index (χ4v) is 10.5. The van der Waals surface area contributed by atoms with Gasteiger partial charge in [0.2, 0.25) is 23.6 Å². The minimum atomic E-state index is -4.57. The number of aliphatic imine (C=N–C) groups is 1. The Morgan fingerprint density at radius 2 is 1.65 bits per heavy atom. The summed E-state index contributed by atoms with van der Waals surface area (Å²) in [6.07, 6.45) is 5.28. The third-order valence-corrected chi connectivity index (χ3v) is 14.5. The van der Waals surface area contributed by atoms with E-state index in [0.29, 0.717) is 91.2 Å². The fraction of sp³-hybridized carbons (Fsp3) is 0.627. The minimum absolute atomic E-state index is 0.00307. The van der Waals surface area contributed by atoms with Gasteiger partial charge in [-0.05, 0) is 103 Å². The average molecular weight is 1010 g/mol. The van der Waals surface area contributed by atoms with Gasteiger partial charge in [0.05, 0.1) is 74.8 Å². The van der Waals surface area contributed by atoms with E-state index in [0.717, 1.165) is 24.1 Å². The Bertz CT molecular complexity index is 2370. The van der Waals surface area contributed by atoms with Gasteiger partial charge in [0.25, 0.3) is 5.91 Å². The van der Waals surface area contributed by atoms with Crippen molar-refractivity contribution >= 4 is 52.0 Å². The standard InChI is InChI=1S/C51H69F3N10O8/c1-5-63-45(66)29-39(46(63)34-7-6-18-55-30-34)49(68)56-19-22-71-24-26-72-25-23-70-21-17-44(65)59-36-11-8-33(9-12-36)48(67)61-42-28-37(62(4)32(2)3)13-15-43(42)64-20-16-41(50(64)69)60-47-38-27-35(51(52,53)54)10-14-40(38)57-31-58-47/h6-7,10,14,18,27,30-33,36-37,39,42-43,46H,5,8-9,11-13,15-17,19-26,28-29H2,1-4H3,(H,56,68)(H,59,65)(H,61,67)/t33?,36?,37-,39+,42-,43+,46-/m1/s1. The molecule has 0 radical (unpaired) electrons. The normalized spacial score (nSPS) is 24.5. The highest BCUT2D eigenvalue weighted by Gasteiger charge is 2.45. The number of carbonyl (C=O) groups is 5. The van der Waals surface area contributed by atoms with Gasteiger partial charge in [-0.25, -0.2) is 15.0 Å². The first kappa shape index (κ1) is 54.1. The molecule has 2 aliphatic carbocycles. The molecule has 3 aromatic rings. The first-order valence-electron chi connectivity index (χ1n) is 25.3. The Labute approximate surface area is 418 Å². The van der Waals surface area contributed by atoms with Crippen molar-refractivity contribution in [3.63, 3.8) is 0 Å². The van der Waals surface area contributed by atoms with Crippen LogP contribution >= 0.6 is 0 Å². The molecule has 4 aliphatic rings. The number of likely N-dealkylation sites (tertiary alicyclic amines) is 2. The summed E-state index contributed by atoms with van der Waals surface area (Å²) in [6, 6.07) is 6.31. The molecular weight excluding hydrogens is 938 g/mol. The summed E-state index contributed by atoms with van der Waals surface area (Å²) in [6.45, 7) is 9.14. The molecule has 4 heterocycles. The Morgan fingerprint density at radius 1 is 0.917 bits per heavy atom. The van der Waals surface area contributed by atoms with E-state index in [-0.39, 0.29) is 120 Å². The molecule has 2 saturated carbocycles. The Balaban J connectivity index is 0.782. The lowest BCUT2D eigenvalue weighted by Crippen LogP contribution is -2.59. The lowest BCUT2D eigenvalue weighted by Gasteiger charge is -2.45. The van der Waals surface area contributed by atoms with Crippen LogP contribution in [0.3, 0.4) is 0 Å². The van der Waals surface area contributed by atoms with Gasteiger partial charge in [0, 0.05) is 80.7 Å². The number of hydrogen-bond donors (Lipinski definition) is 3. The van der Waals surface area contributed by atoms with Crippen molar-refractivity contribution in [3.8, 4) is 0 Å². The fourth-order valence-electron chi connectivity index (χ4n) is 10.5. The van der Waals surface area contributed by atoms with Crippen molar-refractivity contribution < 1.29 is 51.4 Å². The Morgan fingerprint density at radius 3 is 2.35 bits per heavy atom. The second kappa shape index (κ2) is 25.3. The SMILES string of the molecule is CCN1C(=O)C[C@H](C(=O)NCCOCCOCCOCCC(=O)NC2CCC(C(=O)N[C@@H]3C[C@H](N(C)C(C)C)CC[C@@H]3N3CCC(=Nc4ncnc5ccc(C(F)(F)F)cc45)C3=O)CC2)[C@H]1c1cccnc1. The summed E-state index contributed by atoms with van der Waals surface area (Å²) in [5.74, 6) is -1.50. The number of rotatable bonds is 22. The van der Waals surface area contributed by atoms with Gasteiger partial charge in [-0.3, -0.25) is 29.0 Å². The molecule has 2 aromatic heterocycles. The lowest BCUT2D eigenvalue weighted by atomic mass is 9.82. The highest BCUT2D eigenvalue weighted by Crippen LogP contribution is 2.38. The number of hydrogen-bond acceptors (Lipinski definition) is 13. The predicted octanol–water partition coefficient (Wildman–Crippen LogP) is 4.94. The molecule has 4 fully saturated rings. The first-order chi connectivity index (χ1) is 34.6. The van der Waals surface area contributed by atoms with Crippen LogP contribution in [0.25, 0.3) is 10.9 Å². The summed E-state index contributed by atoms with van der Waals surface area (Å²) in [7, 11) is 2.07. The van der Waals surface area contributed by atoms with Crippen LogP contribution in [0.4, 0.5) is 19.0 Å². The number of amides is 5. The number of halogens is 3. The largest absolute Gasteiger partial charge is 0.416 e. The number of nitrogens with one attached hydrogen (secondary N) is 3. The molecule has 3 N–H and O–H groups in total. The quantitative estimate of drug-likeness (QED) is 0.115. The average Bonchev–Trinajstić information content (AvgIpc) is 3.91. The van der Waals surface area contributed by atoms with Crippen LogP contribution in [0.15, 0.2) is 54.0 Å². The molecule has 392 valence electrons. The minimum Gasteiger partial charge on any atom is -0.379 e. The van der Waals surface area contributed by atoms with Crippen molar-refractivity contribution in [1.82, 2.24) is 45.6 Å². The summed E-state index contributed by atoms with van der Waals surface area (Å²) in [4.78, 5) is 89.0. The number of alkyl halides is 3. The van der Waals surface area contributed by atoms with Gasteiger partial charge in [0.1, 0.15) is 12.0 Å². The van der Waals surface area contributed by atoms with Crippen LogP contribution in [-0.2, 0) is 44.4 Å². The third-order valence-electron chi connectivity index (χ3n) is 14.5. The zero-order valence-electron chi connectivity index (χ0n) is 41.7. The molecular formula is C51H69F3N10O8. The molecule has 18 nitrogen and oxygen atoms in total. The van der Waals surface area contributed by atoms with E-state index in [1.54, 1.807) is 28.3 Å². The van der Waals surface area contributed by atoms with Crippen LogP contribution in [0, 0.1) is 11.8 Å². The molecule has 2 saturated heterocycles. The van der Waals surface area contributed by atoms with Gasteiger partial charge in [-0.1, -0.05) is 6.07 Å². The molecule has 72 heavy (non-hydrogen) atoms. The molecule has 2 aliphatic heterocycles. The first-order valence-corrected chi connectivity index (χ1v) is 25.3. The summed E-state index contributed by atoms with van der Waals surface area (Å²) >= 11 is 0. The number of ether oxygens (including phenoxy) is 3. The maximum Gasteiger partial charge on any atom is 0.416 e. The molecule has 0 bridgehead atoms. The van der Waals surface area contributed by atoms with E-state index in [4.69, 9.17) is 14.2 Å². The van der Waals surface area contributed by atoms with E-state index < -0.39 is 17.7 Å². The van der Waals surface area contributed by atoms with Crippen molar-refractivity contribution in [2.75, 3.05) is 66.3 Å². The number of nitrogens with zero attached hydrogens (tertiary/aromatic N) is 7. The van der Waals surface area contributed by atoms with Crippen LogP contribution in [-0.4, -0.2) is 161 Å². The van der Waals surface area contributed by atoms with Gasteiger partial charge >= 0.3 is 6.18 Å². The van der Waals surface area contributed by atoms with Crippen LogP contribution < -0.4 is 16.0 Å². The summed E-state index contributed by atoms with van der Waals surface area (Å²) in [5.41, 5.74) is 0.471. The van der Waals surface area contributed by atoms with Gasteiger partial charge in [-0.15, -0.1) is 0 Å². The molecule has 0 unspecified atom stereocenters. The van der Waals surface area contributed by atoms with E-state index in [1.165, 1.54) is 12.4 Å². The van der Waals surface area contributed by atoms with Crippen molar-refractivity contribution in [3.05, 3.63) is 60.2 Å². The molecule has 1 aromatic carbocycles.